The van der Waals surface area contributed by atoms with Crippen LogP contribution >= 0.6 is 0 Å². The topological polar surface area (TPSA) is 0 Å². The normalized spacial score (nSPS) is 21.5. The molecule has 0 radical (unpaired) electrons. The lowest BCUT2D eigenvalue weighted by atomic mass is 9.63. The maximum absolute atomic E-state index is 2.39. The average molecular weight is 228 g/mol. The summed E-state index contributed by atoms with van der Waals surface area (Å²) in [5.74, 6) is 0. The molecule has 0 fully saturated rings. The molecule has 0 bridgehead atoms. The van der Waals surface area contributed by atoms with Crippen molar-refractivity contribution in [2.24, 2.45) is 0 Å². The van der Waals surface area contributed by atoms with Crippen LogP contribution in [0.3, 0.4) is 0 Å². The van der Waals surface area contributed by atoms with Crippen LogP contribution in [0.4, 0.5) is 0 Å². The number of rotatable bonds is 1. The monoisotopic (exact) mass is 228 g/mol. The second kappa shape index (κ2) is 4.01. The highest BCUT2D eigenvalue weighted by molar-refractivity contribution is 5.54. The molecule has 1 aromatic rings. The van der Waals surface area contributed by atoms with Crippen molar-refractivity contribution in [3.63, 3.8) is 0 Å². The zero-order valence-corrected chi connectivity index (χ0v) is 11.8. The van der Waals surface area contributed by atoms with Gasteiger partial charge < -0.3 is 0 Å². The van der Waals surface area contributed by atoms with Gasteiger partial charge in [-0.15, -0.1) is 0 Å². The Labute approximate surface area is 106 Å². The van der Waals surface area contributed by atoms with Crippen molar-refractivity contribution >= 4 is 6.08 Å². The van der Waals surface area contributed by atoms with Gasteiger partial charge in [-0.05, 0) is 47.3 Å². The van der Waals surface area contributed by atoms with Crippen LogP contribution in [0, 0.1) is 0 Å². The van der Waals surface area contributed by atoms with Gasteiger partial charge in [0.05, 0.1) is 0 Å². The molecule has 92 valence electrons. The van der Waals surface area contributed by atoms with Crippen molar-refractivity contribution in [1.29, 1.82) is 0 Å². The lowest BCUT2D eigenvalue weighted by Crippen LogP contribution is -2.33. The Kier molecular flexibility index (Phi) is 2.93. The first-order valence-corrected chi connectivity index (χ1v) is 6.64. The Morgan fingerprint density at radius 2 is 1.53 bits per heavy atom. The van der Waals surface area contributed by atoms with Crippen molar-refractivity contribution in [2.45, 2.75) is 58.3 Å². The smallest absolute Gasteiger partial charge is 0.0100 e. The third-order valence-electron chi connectivity index (χ3n) is 4.24. The molecule has 0 atom stereocenters. The van der Waals surface area contributed by atoms with E-state index in [1.54, 1.807) is 11.1 Å². The third kappa shape index (κ3) is 2.18. The number of hydrogen-bond donors (Lipinski definition) is 0. The van der Waals surface area contributed by atoms with E-state index in [0.29, 0.717) is 10.8 Å². The Morgan fingerprint density at radius 3 is 2.12 bits per heavy atom. The maximum atomic E-state index is 2.39. The van der Waals surface area contributed by atoms with Crippen molar-refractivity contribution < 1.29 is 0 Å². The molecule has 0 spiro atoms. The first-order chi connectivity index (χ1) is 7.87. The van der Waals surface area contributed by atoms with Crippen LogP contribution in [-0.2, 0) is 10.8 Å². The molecule has 0 N–H and O–H groups in total. The van der Waals surface area contributed by atoms with Crippen molar-refractivity contribution in [1.82, 2.24) is 0 Å². The highest BCUT2D eigenvalue weighted by Crippen LogP contribution is 2.45. The molecule has 0 saturated carbocycles. The number of allylic oxidation sites excluding steroid dienone is 1. The summed E-state index contributed by atoms with van der Waals surface area (Å²) in [7, 11) is 0. The summed E-state index contributed by atoms with van der Waals surface area (Å²) in [6, 6.07) is 6.98. The third-order valence-corrected chi connectivity index (χ3v) is 4.24. The van der Waals surface area contributed by atoms with E-state index < -0.39 is 0 Å². The molecule has 0 saturated heterocycles. The number of fused-ring (bicyclic) bond motifs is 1. The first-order valence-electron chi connectivity index (χ1n) is 6.64. The van der Waals surface area contributed by atoms with Gasteiger partial charge in [-0.25, -0.2) is 0 Å². The standard InChI is InChI=1S/C17H24/c1-6-7-13-8-9-14-15(12-13)17(4,5)11-10-16(14,2)3/h6-9,12H,10-11H2,1-5H3/b7-6-. The fraction of sp³-hybridized carbons (Fsp3) is 0.529. The van der Waals surface area contributed by atoms with Gasteiger partial charge in [0.2, 0.25) is 0 Å². The molecule has 0 heteroatoms. The van der Waals surface area contributed by atoms with Crippen LogP contribution < -0.4 is 0 Å². The Morgan fingerprint density at radius 1 is 0.941 bits per heavy atom. The summed E-state index contributed by atoms with van der Waals surface area (Å²) < 4.78 is 0. The summed E-state index contributed by atoms with van der Waals surface area (Å²) in [6.45, 7) is 11.6. The fourth-order valence-electron chi connectivity index (χ4n) is 2.90. The fourth-order valence-corrected chi connectivity index (χ4v) is 2.90. The summed E-state index contributed by atoms with van der Waals surface area (Å²) in [6.07, 6.45) is 6.88. The van der Waals surface area contributed by atoms with Crippen LogP contribution in [0.15, 0.2) is 24.3 Å². The van der Waals surface area contributed by atoms with Gasteiger partial charge in [-0.3, -0.25) is 0 Å². The molecular formula is C17H24. The molecule has 0 aliphatic heterocycles. The van der Waals surface area contributed by atoms with Gasteiger partial charge in [0.25, 0.3) is 0 Å². The van der Waals surface area contributed by atoms with E-state index in [-0.39, 0.29) is 0 Å². The highest BCUT2D eigenvalue weighted by Gasteiger charge is 2.36. The Bertz CT molecular complexity index is 447. The minimum Gasteiger partial charge on any atom is -0.0871 e. The van der Waals surface area contributed by atoms with Gasteiger partial charge in [0.1, 0.15) is 0 Å². The largest absolute Gasteiger partial charge is 0.0871 e. The quantitative estimate of drug-likeness (QED) is 0.629. The molecule has 1 aliphatic carbocycles. The molecule has 17 heavy (non-hydrogen) atoms. The Hall–Kier alpha value is -1.04. The molecule has 2 rings (SSSR count). The maximum Gasteiger partial charge on any atom is -0.0100 e. The van der Waals surface area contributed by atoms with Crippen molar-refractivity contribution in [3.05, 3.63) is 41.0 Å². The first kappa shape index (κ1) is 12.4. The molecule has 0 nitrogen and oxygen atoms in total. The van der Waals surface area contributed by atoms with Crippen molar-refractivity contribution in [3.8, 4) is 0 Å². The molecule has 0 aromatic heterocycles. The van der Waals surface area contributed by atoms with Gasteiger partial charge >= 0.3 is 0 Å². The van der Waals surface area contributed by atoms with Gasteiger partial charge in [0, 0.05) is 0 Å². The van der Waals surface area contributed by atoms with E-state index in [0.717, 1.165) is 0 Å². The second-order valence-electron chi connectivity index (χ2n) is 6.57. The van der Waals surface area contributed by atoms with E-state index in [2.05, 4.69) is 65.0 Å². The number of benzene rings is 1. The summed E-state index contributed by atoms with van der Waals surface area (Å²) in [5.41, 5.74) is 5.07. The van der Waals surface area contributed by atoms with Crippen LogP contribution in [0.5, 0.6) is 0 Å². The van der Waals surface area contributed by atoms with E-state index in [1.165, 1.54) is 18.4 Å². The van der Waals surface area contributed by atoms with E-state index in [4.69, 9.17) is 0 Å². The zero-order chi connectivity index (χ0) is 12.7. The molecular weight excluding hydrogens is 204 g/mol. The van der Waals surface area contributed by atoms with Gasteiger partial charge in [-0.2, -0.15) is 0 Å². The second-order valence-corrected chi connectivity index (χ2v) is 6.57. The summed E-state index contributed by atoms with van der Waals surface area (Å²) >= 11 is 0. The predicted molar refractivity (Wildman–Crippen MR) is 76.4 cm³/mol. The van der Waals surface area contributed by atoms with Gasteiger partial charge in [0.15, 0.2) is 0 Å². The summed E-state index contributed by atoms with van der Waals surface area (Å²) in [4.78, 5) is 0. The van der Waals surface area contributed by atoms with Crippen LogP contribution in [0.25, 0.3) is 6.08 Å². The molecule has 0 heterocycles. The van der Waals surface area contributed by atoms with Crippen LogP contribution in [0.2, 0.25) is 0 Å². The molecule has 1 aliphatic rings. The minimum atomic E-state index is 0.322. The number of hydrogen-bond acceptors (Lipinski definition) is 0. The minimum absolute atomic E-state index is 0.322. The van der Waals surface area contributed by atoms with E-state index >= 15 is 0 Å². The lowest BCUT2D eigenvalue weighted by molar-refractivity contribution is 0.332. The molecule has 0 amide bonds. The molecule has 1 aromatic carbocycles. The van der Waals surface area contributed by atoms with E-state index in [1.807, 2.05) is 0 Å². The molecule has 0 unspecified atom stereocenters. The van der Waals surface area contributed by atoms with E-state index in [9.17, 15) is 0 Å². The summed E-state index contributed by atoms with van der Waals surface area (Å²) in [5, 5.41) is 0. The van der Waals surface area contributed by atoms with Crippen LogP contribution in [0.1, 0.15) is 64.2 Å². The SMILES string of the molecule is C/C=C\c1ccc2c(c1)C(C)(C)CCC2(C)C. The van der Waals surface area contributed by atoms with Crippen LogP contribution in [-0.4, -0.2) is 0 Å². The van der Waals surface area contributed by atoms with Gasteiger partial charge in [-0.1, -0.05) is 58.0 Å². The lowest BCUT2D eigenvalue weighted by Gasteiger charge is -2.42. The predicted octanol–water partition coefficient (Wildman–Crippen LogP) is 5.07. The average Bonchev–Trinajstić information content (AvgIpc) is 2.26. The zero-order valence-electron chi connectivity index (χ0n) is 11.8. The highest BCUT2D eigenvalue weighted by atomic mass is 14.4. The van der Waals surface area contributed by atoms with Crippen molar-refractivity contribution in [2.75, 3.05) is 0 Å². The Balaban J connectivity index is 2.60.